The highest BCUT2D eigenvalue weighted by Gasteiger charge is 2.16. The summed E-state index contributed by atoms with van der Waals surface area (Å²) in [6, 6.07) is 9.94. The lowest BCUT2D eigenvalue weighted by molar-refractivity contribution is 0.573. The molecule has 0 saturated carbocycles. The molecule has 0 unspecified atom stereocenters. The van der Waals surface area contributed by atoms with Crippen molar-refractivity contribution in [2.45, 2.75) is 19.3 Å². The number of nitrogens with zero attached hydrogens (tertiary/aromatic N) is 5. The number of rotatable bonds is 3. The van der Waals surface area contributed by atoms with E-state index in [4.69, 9.17) is 9.97 Å². The van der Waals surface area contributed by atoms with Gasteiger partial charge in [0.05, 0.1) is 5.69 Å². The summed E-state index contributed by atoms with van der Waals surface area (Å²) in [5, 5.41) is 0. The fourth-order valence-electron chi connectivity index (χ4n) is 3.01. The van der Waals surface area contributed by atoms with E-state index in [1.54, 1.807) is 12.4 Å². The summed E-state index contributed by atoms with van der Waals surface area (Å²) in [7, 11) is 0. The normalized spacial score (nSPS) is 14.6. The van der Waals surface area contributed by atoms with Gasteiger partial charge in [-0.05, 0) is 43.5 Å². The lowest BCUT2D eigenvalue weighted by Crippen LogP contribution is -2.30. The smallest absolute Gasteiger partial charge is 0.163 e. The van der Waals surface area contributed by atoms with Crippen molar-refractivity contribution in [2.24, 2.45) is 0 Å². The molecular weight excluding hydrogens is 298 g/mol. The van der Waals surface area contributed by atoms with Crippen LogP contribution in [0, 0.1) is 0 Å². The molecule has 4 rings (SSSR count). The number of hydrogen-bond acceptors (Lipinski definition) is 5. The van der Waals surface area contributed by atoms with Crippen LogP contribution in [-0.4, -0.2) is 33.0 Å². The number of aromatic nitrogens is 4. The minimum atomic E-state index is 0.713. The second-order valence-corrected chi connectivity index (χ2v) is 5.97. The monoisotopic (exact) mass is 317 g/mol. The van der Waals surface area contributed by atoms with Gasteiger partial charge >= 0.3 is 0 Å². The van der Waals surface area contributed by atoms with Crippen molar-refractivity contribution in [1.82, 2.24) is 19.9 Å². The van der Waals surface area contributed by atoms with Crippen LogP contribution in [0.2, 0.25) is 0 Å². The fraction of sp³-hybridized carbons (Fsp3) is 0.263. The van der Waals surface area contributed by atoms with E-state index in [0.29, 0.717) is 5.82 Å². The summed E-state index contributed by atoms with van der Waals surface area (Å²) in [4.78, 5) is 20.3. The van der Waals surface area contributed by atoms with Crippen molar-refractivity contribution in [3.8, 4) is 22.6 Å². The van der Waals surface area contributed by atoms with E-state index in [-0.39, 0.29) is 0 Å². The number of piperidine rings is 1. The molecule has 0 amide bonds. The molecule has 5 nitrogen and oxygen atoms in total. The molecule has 4 heterocycles. The van der Waals surface area contributed by atoms with Crippen LogP contribution in [0.3, 0.4) is 0 Å². The molecule has 0 atom stereocenters. The molecule has 1 fully saturated rings. The summed E-state index contributed by atoms with van der Waals surface area (Å²) in [5.74, 6) is 1.70. The predicted molar refractivity (Wildman–Crippen MR) is 94.6 cm³/mol. The molecular formula is C19H19N5. The molecule has 3 aromatic heterocycles. The van der Waals surface area contributed by atoms with E-state index in [0.717, 1.165) is 35.7 Å². The lowest BCUT2D eigenvalue weighted by Gasteiger charge is -2.28. The van der Waals surface area contributed by atoms with Crippen molar-refractivity contribution < 1.29 is 0 Å². The highest BCUT2D eigenvalue weighted by molar-refractivity contribution is 5.67. The second kappa shape index (κ2) is 6.74. The van der Waals surface area contributed by atoms with Crippen molar-refractivity contribution in [1.29, 1.82) is 0 Å². The lowest BCUT2D eigenvalue weighted by atomic mass is 10.1. The molecule has 0 bridgehead atoms. The number of hydrogen-bond donors (Lipinski definition) is 0. The SMILES string of the molecule is c1cncc(-c2cc(N3CCCCC3)nc(-c3cccnc3)n2)c1. The van der Waals surface area contributed by atoms with E-state index in [2.05, 4.69) is 20.9 Å². The quantitative estimate of drug-likeness (QED) is 0.739. The maximum Gasteiger partial charge on any atom is 0.163 e. The van der Waals surface area contributed by atoms with Crippen molar-refractivity contribution in [3.05, 3.63) is 55.1 Å². The summed E-state index contributed by atoms with van der Waals surface area (Å²) >= 11 is 0. The van der Waals surface area contributed by atoms with Gasteiger partial charge in [0.2, 0.25) is 0 Å². The van der Waals surface area contributed by atoms with Gasteiger partial charge in [0.15, 0.2) is 5.82 Å². The van der Waals surface area contributed by atoms with E-state index in [9.17, 15) is 0 Å². The molecule has 24 heavy (non-hydrogen) atoms. The van der Waals surface area contributed by atoms with Crippen LogP contribution in [0.4, 0.5) is 5.82 Å². The maximum absolute atomic E-state index is 4.81. The highest BCUT2D eigenvalue weighted by atomic mass is 15.2. The zero-order chi connectivity index (χ0) is 16.2. The van der Waals surface area contributed by atoms with Crippen LogP contribution in [0.15, 0.2) is 55.1 Å². The number of anilines is 1. The Hall–Kier alpha value is -2.82. The van der Waals surface area contributed by atoms with Gasteiger partial charge < -0.3 is 4.90 Å². The van der Waals surface area contributed by atoms with Gasteiger partial charge in [0, 0.05) is 55.1 Å². The fourth-order valence-corrected chi connectivity index (χ4v) is 3.01. The molecule has 0 N–H and O–H groups in total. The third-order valence-corrected chi connectivity index (χ3v) is 4.27. The summed E-state index contributed by atoms with van der Waals surface area (Å²) in [5.41, 5.74) is 2.84. The Morgan fingerprint density at radius 1 is 0.792 bits per heavy atom. The molecule has 5 heteroatoms. The minimum Gasteiger partial charge on any atom is -0.356 e. The zero-order valence-electron chi connectivity index (χ0n) is 13.5. The first-order valence-electron chi connectivity index (χ1n) is 8.35. The van der Waals surface area contributed by atoms with E-state index < -0.39 is 0 Å². The third-order valence-electron chi connectivity index (χ3n) is 4.27. The minimum absolute atomic E-state index is 0.713. The van der Waals surface area contributed by atoms with Crippen LogP contribution in [-0.2, 0) is 0 Å². The molecule has 3 aromatic rings. The van der Waals surface area contributed by atoms with Gasteiger partial charge in [-0.3, -0.25) is 9.97 Å². The molecule has 0 spiro atoms. The van der Waals surface area contributed by atoms with Gasteiger partial charge in [-0.25, -0.2) is 9.97 Å². The Bertz CT molecular complexity index is 741. The van der Waals surface area contributed by atoms with Gasteiger partial charge in [-0.15, -0.1) is 0 Å². The standard InChI is InChI=1S/C19H19N5/c1-2-10-24(11-3-1)18-12-17(15-6-4-8-20-13-15)22-19(23-18)16-7-5-9-21-14-16/h4-9,12-14H,1-3,10-11H2. The Morgan fingerprint density at radius 2 is 1.50 bits per heavy atom. The average Bonchev–Trinajstić information content (AvgIpc) is 2.70. The number of pyridine rings is 2. The summed E-state index contributed by atoms with van der Waals surface area (Å²) < 4.78 is 0. The molecule has 1 aliphatic heterocycles. The van der Waals surface area contributed by atoms with Crippen molar-refractivity contribution >= 4 is 5.82 Å². The van der Waals surface area contributed by atoms with E-state index in [1.807, 2.05) is 36.7 Å². The molecule has 0 aliphatic carbocycles. The average molecular weight is 317 g/mol. The van der Waals surface area contributed by atoms with Crippen LogP contribution in [0.1, 0.15) is 19.3 Å². The second-order valence-electron chi connectivity index (χ2n) is 5.97. The Labute approximate surface area is 141 Å². The largest absolute Gasteiger partial charge is 0.356 e. The highest BCUT2D eigenvalue weighted by Crippen LogP contribution is 2.26. The maximum atomic E-state index is 4.81. The first-order valence-corrected chi connectivity index (χ1v) is 8.35. The topological polar surface area (TPSA) is 54.8 Å². The van der Waals surface area contributed by atoms with E-state index >= 15 is 0 Å². The molecule has 0 aromatic carbocycles. The molecule has 1 aliphatic rings. The van der Waals surface area contributed by atoms with Gasteiger partial charge in [-0.2, -0.15) is 0 Å². The van der Waals surface area contributed by atoms with Crippen molar-refractivity contribution in [2.75, 3.05) is 18.0 Å². The molecule has 0 radical (unpaired) electrons. The van der Waals surface area contributed by atoms with Gasteiger partial charge in [0.1, 0.15) is 5.82 Å². The molecule has 1 saturated heterocycles. The third kappa shape index (κ3) is 3.11. The van der Waals surface area contributed by atoms with Crippen molar-refractivity contribution in [3.63, 3.8) is 0 Å². The first kappa shape index (κ1) is 14.8. The Morgan fingerprint density at radius 3 is 2.17 bits per heavy atom. The Balaban J connectivity index is 1.81. The summed E-state index contributed by atoms with van der Waals surface area (Å²) in [6.07, 6.45) is 10.9. The van der Waals surface area contributed by atoms with Crippen LogP contribution >= 0.6 is 0 Å². The van der Waals surface area contributed by atoms with Crippen LogP contribution < -0.4 is 4.90 Å². The Kier molecular flexibility index (Phi) is 4.14. The van der Waals surface area contributed by atoms with Crippen LogP contribution in [0.25, 0.3) is 22.6 Å². The van der Waals surface area contributed by atoms with E-state index in [1.165, 1.54) is 19.3 Å². The predicted octanol–water partition coefficient (Wildman–Crippen LogP) is 3.59. The summed E-state index contributed by atoms with van der Waals surface area (Å²) in [6.45, 7) is 2.10. The van der Waals surface area contributed by atoms with Gasteiger partial charge in [-0.1, -0.05) is 0 Å². The first-order chi connectivity index (χ1) is 11.9. The van der Waals surface area contributed by atoms with Gasteiger partial charge in [0.25, 0.3) is 0 Å². The van der Waals surface area contributed by atoms with Crippen LogP contribution in [0.5, 0.6) is 0 Å². The zero-order valence-corrected chi connectivity index (χ0v) is 13.5. The molecule has 120 valence electrons.